The van der Waals surface area contributed by atoms with E-state index in [-0.39, 0.29) is 0 Å². The normalized spacial score (nSPS) is 14.9. The summed E-state index contributed by atoms with van der Waals surface area (Å²) >= 11 is 0. The minimum atomic E-state index is 0.328. The quantitative estimate of drug-likeness (QED) is 0.665. The van der Waals surface area contributed by atoms with Gasteiger partial charge in [-0.3, -0.25) is 4.90 Å². The standard InChI is InChI=1S/C22H25N3O2/c1-15-8-9-16(2)18(10-15)12-25-13-19(14-25)22-23-21(24-27-22)11-17-6-4-5-7-20(17)26-3/h4-10,19H,11-14H2,1-3H3. The van der Waals surface area contributed by atoms with Crippen molar-refractivity contribution in [3.8, 4) is 5.75 Å². The van der Waals surface area contributed by atoms with E-state index in [4.69, 9.17) is 9.26 Å². The van der Waals surface area contributed by atoms with Crippen molar-refractivity contribution >= 4 is 0 Å². The predicted molar refractivity (Wildman–Crippen MR) is 104 cm³/mol. The fourth-order valence-electron chi connectivity index (χ4n) is 3.59. The molecule has 140 valence electrons. The van der Waals surface area contributed by atoms with Crippen molar-refractivity contribution in [2.45, 2.75) is 32.7 Å². The molecule has 1 aromatic heterocycles. The molecule has 0 radical (unpaired) electrons. The molecule has 0 saturated carbocycles. The highest BCUT2D eigenvalue weighted by atomic mass is 16.5. The number of para-hydroxylation sites is 1. The van der Waals surface area contributed by atoms with E-state index in [0.29, 0.717) is 18.2 Å². The van der Waals surface area contributed by atoms with E-state index in [1.807, 2.05) is 24.3 Å². The number of aryl methyl sites for hydroxylation is 2. The average molecular weight is 363 g/mol. The zero-order chi connectivity index (χ0) is 18.8. The Balaban J connectivity index is 1.36. The molecular formula is C22H25N3O2. The number of aromatic nitrogens is 2. The van der Waals surface area contributed by atoms with Crippen LogP contribution in [0.25, 0.3) is 0 Å². The summed E-state index contributed by atoms with van der Waals surface area (Å²) in [6.45, 7) is 7.22. The topological polar surface area (TPSA) is 51.4 Å². The molecule has 0 unspecified atom stereocenters. The van der Waals surface area contributed by atoms with E-state index in [9.17, 15) is 0 Å². The summed E-state index contributed by atoms with van der Waals surface area (Å²) in [6.07, 6.45) is 0.617. The van der Waals surface area contributed by atoms with Crippen molar-refractivity contribution in [1.82, 2.24) is 15.0 Å². The molecular weight excluding hydrogens is 338 g/mol. The van der Waals surface area contributed by atoms with Gasteiger partial charge in [-0.25, -0.2) is 0 Å². The Hall–Kier alpha value is -2.66. The molecule has 0 aliphatic carbocycles. The molecule has 1 aliphatic heterocycles. The highest BCUT2D eigenvalue weighted by Gasteiger charge is 2.32. The second kappa shape index (κ2) is 7.53. The van der Waals surface area contributed by atoms with E-state index >= 15 is 0 Å². The molecule has 1 aliphatic rings. The zero-order valence-corrected chi connectivity index (χ0v) is 16.1. The van der Waals surface area contributed by atoms with Gasteiger partial charge in [-0.1, -0.05) is 47.1 Å². The van der Waals surface area contributed by atoms with Crippen molar-refractivity contribution in [3.63, 3.8) is 0 Å². The second-order valence-corrected chi connectivity index (χ2v) is 7.36. The van der Waals surface area contributed by atoms with Crippen molar-refractivity contribution in [3.05, 3.63) is 76.4 Å². The summed E-state index contributed by atoms with van der Waals surface area (Å²) in [6, 6.07) is 14.6. The van der Waals surface area contributed by atoms with Gasteiger partial charge in [0.15, 0.2) is 5.82 Å². The lowest BCUT2D eigenvalue weighted by atomic mass is 9.97. The maximum Gasteiger partial charge on any atom is 0.232 e. The fraction of sp³-hybridized carbons (Fsp3) is 0.364. The van der Waals surface area contributed by atoms with Crippen molar-refractivity contribution in [2.24, 2.45) is 0 Å². The van der Waals surface area contributed by atoms with Crippen molar-refractivity contribution < 1.29 is 9.26 Å². The van der Waals surface area contributed by atoms with Crippen LogP contribution < -0.4 is 4.74 Å². The molecule has 0 amide bonds. The molecule has 0 bridgehead atoms. The number of methoxy groups -OCH3 is 1. The SMILES string of the molecule is COc1ccccc1Cc1noc(C2CN(Cc3cc(C)ccc3C)C2)n1. The number of hydrogen-bond acceptors (Lipinski definition) is 5. The fourth-order valence-corrected chi connectivity index (χ4v) is 3.59. The molecule has 1 saturated heterocycles. The maximum atomic E-state index is 5.53. The Morgan fingerprint density at radius 3 is 2.74 bits per heavy atom. The Morgan fingerprint density at radius 1 is 1.11 bits per heavy atom. The number of ether oxygens (including phenoxy) is 1. The second-order valence-electron chi connectivity index (χ2n) is 7.36. The number of rotatable bonds is 6. The third-order valence-corrected chi connectivity index (χ3v) is 5.23. The number of nitrogens with zero attached hydrogens (tertiary/aromatic N) is 3. The molecule has 2 aromatic carbocycles. The number of hydrogen-bond donors (Lipinski definition) is 0. The maximum absolute atomic E-state index is 5.53. The van der Waals surface area contributed by atoms with Gasteiger partial charge >= 0.3 is 0 Å². The van der Waals surface area contributed by atoms with Crippen LogP contribution in [0.2, 0.25) is 0 Å². The minimum Gasteiger partial charge on any atom is -0.496 e. The van der Waals surface area contributed by atoms with Crippen LogP contribution in [0.5, 0.6) is 5.75 Å². The molecule has 0 N–H and O–H groups in total. The third kappa shape index (κ3) is 3.88. The highest BCUT2D eigenvalue weighted by Crippen LogP contribution is 2.28. The first kappa shape index (κ1) is 17.7. The Labute approximate surface area is 160 Å². The van der Waals surface area contributed by atoms with E-state index in [1.165, 1.54) is 16.7 Å². The van der Waals surface area contributed by atoms with Gasteiger partial charge in [-0.15, -0.1) is 0 Å². The van der Waals surface area contributed by atoms with Crippen LogP contribution in [0, 0.1) is 13.8 Å². The summed E-state index contributed by atoms with van der Waals surface area (Å²) in [5.74, 6) is 2.64. The highest BCUT2D eigenvalue weighted by molar-refractivity contribution is 5.35. The minimum absolute atomic E-state index is 0.328. The van der Waals surface area contributed by atoms with Gasteiger partial charge in [0.25, 0.3) is 0 Å². The lowest BCUT2D eigenvalue weighted by Gasteiger charge is -2.37. The van der Waals surface area contributed by atoms with Gasteiger partial charge in [-0.05, 0) is 31.0 Å². The average Bonchev–Trinajstić information content (AvgIpc) is 3.09. The van der Waals surface area contributed by atoms with Crippen LogP contribution >= 0.6 is 0 Å². The van der Waals surface area contributed by atoms with Crippen molar-refractivity contribution in [2.75, 3.05) is 20.2 Å². The predicted octanol–water partition coefficient (Wildman–Crippen LogP) is 3.89. The summed E-state index contributed by atoms with van der Waals surface area (Å²) < 4.78 is 10.9. The summed E-state index contributed by atoms with van der Waals surface area (Å²) in [5.41, 5.74) is 5.12. The number of likely N-dealkylation sites (tertiary alicyclic amines) is 1. The molecule has 0 atom stereocenters. The van der Waals surface area contributed by atoms with Crippen LogP contribution in [0.15, 0.2) is 47.0 Å². The molecule has 3 aromatic rings. The first-order valence-electron chi connectivity index (χ1n) is 9.35. The van der Waals surface area contributed by atoms with Crippen LogP contribution in [-0.2, 0) is 13.0 Å². The molecule has 27 heavy (non-hydrogen) atoms. The van der Waals surface area contributed by atoms with E-state index in [0.717, 1.165) is 36.8 Å². The van der Waals surface area contributed by atoms with Crippen molar-refractivity contribution in [1.29, 1.82) is 0 Å². The Bertz CT molecular complexity index is 929. The molecule has 4 rings (SSSR count). The van der Waals surface area contributed by atoms with Gasteiger partial charge < -0.3 is 9.26 Å². The first-order valence-corrected chi connectivity index (χ1v) is 9.35. The largest absolute Gasteiger partial charge is 0.496 e. The molecule has 2 heterocycles. The molecule has 5 nitrogen and oxygen atoms in total. The monoisotopic (exact) mass is 363 g/mol. The first-order chi connectivity index (χ1) is 13.1. The van der Waals surface area contributed by atoms with E-state index < -0.39 is 0 Å². The Kier molecular flexibility index (Phi) is 4.94. The molecule has 1 fully saturated rings. The van der Waals surface area contributed by atoms with Crippen LogP contribution in [0.4, 0.5) is 0 Å². The lowest BCUT2D eigenvalue weighted by molar-refractivity contribution is 0.117. The van der Waals surface area contributed by atoms with E-state index in [2.05, 4.69) is 47.1 Å². The number of benzene rings is 2. The Morgan fingerprint density at radius 2 is 1.93 bits per heavy atom. The van der Waals surface area contributed by atoms with Gasteiger partial charge in [0.2, 0.25) is 5.89 Å². The smallest absolute Gasteiger partial charge is 0.232 e. The van der Waals surface area contributed by atoms with Gasteiger partial charge in [0.1, 0.15) is 5.75 Å². The summed E-state index contributed by atoms with van der Waals surface area (Å²) in [5, 5.41) is 4.16. The van der Waals surface area contributed by atoms with Gasteiger partial charge in [0, 0.05) is 31.6 Å². The van der Waals surface area contributed by atoms with Gasteiger partial charge in [-0.2, -0.15) is 4.98 Å². The van der Waals surface area contributed by atoms with E-state index in [1.54, 1.807) is 7.11 Å². The summed E-state index contributed by atoms with van der Waals surface area (Å²) in [7, 11) is 1.68. The lowest BCUT2D eigenvalue weighted by Crippen LogP contribution is -2.44. The van der Waals surface area contributed by atoms with Gasteiger partial charge in [0.05, 0.1) is 13.0 Å². The third-order valence-electron chi connectivity index (χ3n) is 5.23. The molecule has 0 spiro atoms. The van der Waals surface area contributed by atoms with Crippen LogP contribution in [-0.4, -0.2) is 35.2 Å². The zero-order valence-electron chi connectivity index (χ0n) is 16.1. The van der Waals surface area contributed by atoms with Crippen LogP contribution in [0.1, 0.15) is 39.9 Å². The molecule has 5 heteroatoms. The summed E-state index contributed by atoms with van der Waals surface area (Å²) in [4.78, 5) is 7.04. The van der Waals surface area contributed by atoms with Crippen LogP contribution in [0.3, 0.4) is 0 Å².